The molecule has 2 unspecified atom stereocenters. The summed E-state index contributed by atoms with van der Waals surface area (Å²) in [6.07, 6.45) is 0.115. The first-order chi connectivity index (χ1) is 16.2. The monoisotopic (exact) mass is 524 g/mol. The number of esters is 2. The molecular weight excluding hydrogens is 503 g/mol. The summed E-state index contributed by atoms with van der Waals surface area (Å²) in [4.78, 5) is 36.3. The number of thioether (sulfide) groups is 1. The van der Waals surface area contributed by atoms with Crippen LogP contribution in [-0.4, -0.2) is 37.4 Å². The van der Waals surface area contributed by atoms with Crippen LogP contribution in [0.5, 0.6) is 0 Å². The Hall–Kier alpha value is -2.52. The minimum Gasteiger partial charge on any atom is -0.469 e. The molecule has 0 bridgehead atoms. The third-order valence-corrected chi connectivity index (χ3v) is 7.19. The lowest BCUT2D eigenvalue weighted by atomic mass is 10.0. The van der Waals surface area contributed by atoms with Gasteiger partial charge in [0.2, 0.25) is 5.76 Å². The summed E-state index contributed by atoms with van der Waals surface area (Å²) < 4.78 is 14.9. The predicted molar refractivity (Wildman–Crippen MR) is 131 cm³/mol. The Morgan fingerprint density at radius 2 is 1.82 bits per heavy atom. The molecule has 0 radical (unpaired) electrons. The molecule has 0 amide bonds. The number of ether oxygens (including phenoxy) is 2. The summed E-state index contributed by atoms with van der Waals surface area (Å²) in [5.74, 6) is -1.31. The summed E-state index contributed by atoms with van der Waals surface area (Å²) >= 11 is 13.6. The van der Waals surface area contributed by atoms with Gasteiger partial charge in [-0.05, 0) is 48.7 Å². The van der Waals surface area contributed by atoms with Gasteiger partial charge >= 0.3 is 11.9 Å². The van der Waals surface area contributed by atoms with Crippen molar-refractivity contribution in [2.75, 3.05) is 14.2 Å². The maximum Gasteiger partial charge on any atom is 0.374 e. The molecule has 0 aliphatic carbocycles. The molecule has 2 atom stereocenters. The van der Waals surface area contributed by atoms with Crippen LogP contribution in [0.1, 0.15) is 40.6 Å². The number of aliphatic hydroxyl groups is 1. The number of hydrogen-bond donors (Lipinski definition) is 1. The van der Waals surface area contributed by atoms with Crippen molar-refractivity contribution in [2.24, 2.45) is 0 Å². The standard InChI is InChI=1S/C24H22Cl2O7S/c1-31-22(29)5-3-4-18(27)23(13-6-9-16(25)17(26)10-13)34-14-7-8-15-19(28)12-21(24(30)32-2)33-20(15)11-14/h6-12,18,23,27H,3-5H2,1-2H3. The molecule has 7 nitrogen and oxygen atoms in total. The van der Waals surface area contributed by atoms with Crippen molar-refractivity contribution in [3.8, 4) is 0 Å². The van der Waals surface area contributed by atoms with Gasteiger partial charge in [0.15, 0.2) is 5.43 Å². The topological polar surface area (TPSA) is 103 Å². The van der Waals surface area contributed by atoms with Gasteiger partial charge in [-0.3, -0.25) is 9.59 Å². The molecule has 0 aliphatic heterocycles. The van der Waals surface area contributed by atoms with Crippen molar-refractivity contribution in [1.29, 1.82) is 0 Å². The lowest BCUT2D eigenvalue weighted by Gasteiger charge is -2.23. The van der Waals surface area contributed by atoms with E-state index in [1.165, 1.54) is 26.0 Å². The van der Waals surface area contributed by atoms with Crippen LogP contribution in [0.25, 0.3) is 11.0 Å². The fourth-order valence-electron chi connectivity index (χ4n) is 3.32. The van der Waals surface area contributed by atoms with E-state index in [0.29, 0.717) is 33.2 Å². The molecule has 3 aromatic rings. The van der Waals surface area contributed by atoms with Crippen LogP contribution in [0.3, 0.4) is 0 Å². The number of carbonyl (C=O) groups is 2. The van der Waals surface area contributed by atoms with Crippen molar-refractivity contribution in [2.45, 2.75) is 35.5 Å². The number of aliphatic hydroxyl groups excluding tert-OH is 1. The highest BCUT2D eigenvalue weighted by molar-refractivity contribution is 7.99. The lowest BCUT2D eigenvalue weighted by molar-refractivity contribution is -0.140. The number of halogens is 2. The average molecular weight is 525 g/mol. The van der Waals surface area contributed by atoms with E-state index >= 15 is 0 Å². The molecule has 0 spiro atoms. The molecule has 2 aromatic carbocycles. The lowest BCUT2D eigenvalue weighted by Crippen LogP contribution is -2.17. The van der Waals surface area contributed by atoms with Crippen LogP contribution >= 0.6 is 35.0 Å². The summed E-state index contributed by atoms with van der Waals surface area (Å²) in [7, 11) is 2.51. The van der Waals surface area contributed by atoms with E-state index in [2.05, 4.69) is 9.47 Å². The van der Waals surface area contributed by atoms with Crippen LogP contribution in [0.2, 0.25) is 10.0 Å². The predicted octanol–water partition coefficient (Wildman–Crippen LogP) is 5.42. The Balaban J connectivity index is 1.94. The summed E-state index contributed by atoms with van der Waals surface area (Å²) in [5, 5.41) is 11.6. The smallest absolute Gasteiger partial charge is 0.374 e. The van der Waals surface area contributed by atoms with Crippen molar-refractivity contribution in [3.05, 3.63) is 74.1 Å². The Bertz CT molecular complexity index is 1260. The zero-order valence-corrected chi connectivity index (χ0v) is 20.7. The summed E-state index contributed by atoms with van der Waals surface area (Å²) in [6.45, 7) is 0. The fraction of sp³-hybridized carbons (Fsp3) is 0.292. The number of rotatable bonds is 9. The molecule has 3 rings (SSSR count). The Labute approximate surface area is 209 Å². The molecular formula is C24H22Cl2O7S. The molecule has 0 fully saturated rings. The minimum absolute atomic E-state index is 0.184. The van der Waals surface area contributed by atoms with Gasteiger partial charge in [0, 0.05) is 17.4 Å². The van der Waals surface area contributed by atoms with Crippen LogP contribution in [0.15, 0.2) is 56.6 Å². The zero-order valence-electron chi connectivity index (χ0n) is 18.4. The highest BCUT2D eigenvalue weighted by Gasteiger charge is 2.24. The maximum absolute atomic E-state index is 12.4. The largest absolute Gasteiger partial charge is 0.469 e. The quantitative estimate of drug-likeness (QED) is 0.292. The van der Waals surface area contributed by atoms with Crippen LogP contribution in [-0.2, 0) is 14.3 Å². The Kier molecular flexibility index (Phi) is 9.02. The van der Waals surface area contributed by atoms with E-state index < -0.39 is 17.3 Å². The molecule has 34 heavy (non-hydrogen) atoms. The highest BCUT2D eigenvalue weighted by Crippen LogP contribution is 2.41. The molecule has 1 aromatic heterocycles. The van der Waals surface area contributed by atoms with Gasteiger partial charge in [0.25, 0.3) is 0 Å². The maximum atomic E-state index is 12.4. The van der Waals surface area contributed by atoms with Gasteiger partial charge in [0.1, 0.15) is 5.58 Å². The number of methoxy groups -OCH3 is 2. The molecule has 1 heterocycles. The van der Waals surface area contributed by atoms with Gasteiger partial charge in [0.05, 0.1) is 41.0 Å². The molecule has 0 aliphatic rings. The first-order valence-electron chi connectivity index (χ1n) is 10.3. The third kappa shape index (κ3) is 6.33. The zero-order chi connectivity index (χ0) is 24.8. The summed E-state index contributed by atoms with van der Waals surface area (Å²) in [6, 6.07) is 11.1. The van der Waals surface area contributed by atoms with Crippen LogP contribution < -0.4 is 5.43 Å². The molecule has 10 heteroatoms. The van der Waals surface area contributed by atoms with E-state index in [-0.39, 0.29) is 29.2 Å². The Morgan fingerprint density at radius 3 is 2.50 bits per heavy atom. The third-order valence-electron chi connectivity index (χ3n) is 5.08. The van der Waals surface area contributed by atoms with Crippen molar-refractivity contribution in [1.82, 2.24) is 0 Å². The van der Waals surface area contributed by atoms with Crippen molar-refractivity contribution < 1.29 is 28.6 Å². The van der Waals surface area contributed by atoms with Crippen molar-refractivity contribution >= 4 is 57.9 Å². The first-order valence-corrected chi connectivity index (χ1v) is 11.9. The van der Waals surface area contributed by atoms with Crippen LogP contribution in [0, 0.1) is 0 Å². The van der Waals surface area contributed by atoms with Gasteiger partial charge in [-0.15, -0.1) is 11.8 Å². The van der Waals surface area contributed by atoms with E-state index in [1.807, 2.05) is 0 Å². The van der Waals surface area contributed by atoms with Gasteiger partial charge in [-0.25, -0.2) is 4.79 Å². The van der Waals surface area contributed by atoms with E-state index in [1.54, 1.807) is 36.4 Å². The first kappa shape index (κ1) is 26.1. The van der Waals surface area contributed by atoms with E-state index in [4.69, 9.17) is 27.6 Å². The molecule has 0 saturated carbocycles. The highest BCUT2D eigenvalue weighted by atomic mass is 35.5. The minimum atomic E-state index is -0.837. The average Bonchev–Trinajstić information content (AvgIpc) is 2.83. The van der Waals surface area contributed by atoms with Gasteiger partial charge in [-0.2, -0.15) is 0 Å². The van der Waals surface area contributed by atoms with E-state index in [0.717, 1.165) is 11.6 Å². The molecule has 0 saturated heterocycles. The summed E-state index contributed by atoms with van der Waals surface area (Å²) in [5.41, 5.74) is 0.572. The SMILES string of the molecule is COC(=O)CCCC(O)C(Sc1ccc2c(=O)cc(C(=O)OC)oc2c1)c1ccc(Cl)c(Cl)c1. The number of carbonyl (C=O) groups excluding carboxylic acids is 2. The number of benzene rings is 2. The molecule has 1 N–H and O–H groups in total. The fourth-order valence-corrected chi connectivity index (χ4v) is 4.82. The second-order valence-corrected chi connectivity index (χ2v) is 9.40. The van der Waals surface area contributed by atoms with Crippen LogP contribution in [0.4, 0.5) is 0 Å². The van der Waals surface area contributed by atoms with Crippen molar-refractivity contribution in [3.63, 3.8) is 0 Å². The Morgan fingerprint density at radius 1 is 1.06 bits per heavy atom. The van der Waals surface area contributed by atoms with E-state index in [9.17, 15) is 19.5 Å². The number of fused-ring (bicyclic) bond motifs is 1. The van der Waals surface area contributed by atoms with Gasteiger partial charge in [-0.1, -0.05) is 29.3 Å². The van der Waals surface area contributed by atoms with Gasteiger partial charge < -0.3 is 19.0 Å². The normalized spacial score (nSPS) is 12.9. The second kappa shape index (κ2) is 11.8. The second-order valence-electron chi connectivity index (χ2n) is 7.37. The number of hydrogen-bond acceptors (Lipinski definition) is 8. The molecule has 180 valence electrons.